The van der Waals surface area contributed by atoms with E-state index in [0.29, 0.717) is 28.1 Å². The Balaban J connectivity index is 0.00000604. The Kier molecular flexibility index (Phi) is 12.6. The number of hydrogen-bond donors (Lipinski definition) is 5. The number of para-hydroxylation sites is 1. The van der Waals surface area contributed by atoms with Crippen molar-refractivity contribution in [2.45, 2.75) is 14.7 Å². The van der Waals surface area contributed by atoms with Crippen LogP contribution in [-0.2, 0) is 30.2 Å². The molecule has 0 amide bonds. The SMILES string of the molecule is N=S(=O)(O)c1ccc(Nc2ccc(N=Nc3ccc(N=Nc4ccc(Nc5ccccc5)c5c(S(=O)(=O)[O-])cccc45)c4cc(S(=O)(=O)O)ccc34)cc2)c([N+](=O)[O-])c1.[Na+]. The molecule has 18 nitrogen and oxygen atoms in total. The van der Waals surface area contributed by atoms with E-state index in [-0.39, 0.29) is 68.5 Å². The van der Waals surface area contributed by atoms with Gasteiger partial charge in [0.2, 0.25) is 0 Å². The number of nitrogens with zero attached hydrogens (tertiary/aromatic N) is 5. The second-order valence-electron chi connectivity index (χ2n) is 12.6. The summed E-state index contributed by atoms with van der Waals surface area (Å²) in [5.41, 5.74) is 1.78. The number of nitrogens with one attached hydrogen (secondary N) is 3. The third-order valence-corrected chi connectivity index (χ3v) is 11.3. The van der Waals surface area contributed by atoms with Crippen LogP contribution in [0, 0.1) is 14.9 Å². The van der Waals surface area contributed by atoms with Crippen LogP contribution in [0.3, 0.4) is 0 Å². The second-order valence-corrected chi connectivity index (χ2v) is 16.9. The Labute approximate surface area is 363 Å². The summed E-state index contributed by atoms with van der Waals surface area (Å²) in [5.74, 6) is 0. The van der Waals surface area contributed by atoms with Gasteiger partial charge in [0.05, 0.1) is 42.4 Å². The minimum atomic E-state index is -4.94. The van der Waals surface area contributed by atoms with Crippen molar-refractivity contribution in [1.29, 1.82) is 4.78 Å². The van der Waals surface area contributed by atoms with Crippen LogP contribution in [0.15, 0.2) is 169 Å². The maximum atomic E-state index is 12.4. The topological polar surface area (TPSA) is 289 Å². The van der Waals surface area contributed by atoms with E-state index in [1.165, 1.54) is 42.5 Å². The van der Waals surface area contributed by atoms with Gasteiger partial charge in [-0.25, -0.2) is 17.4 Å². The number of rotatable bonds is 12. The average molecular weight is 875 g/mol. The Hall–Kier alpha value is -6.01. The normalized spacial score (nSPS) is 13.0. The van der Waals surface area contributed by atoms with Gasteiger partial charge in [0.15, 0.2) is 10.0 Å². The van der Waals surface area contributed by atoms with E-state index < -0.39 is 55.5 Å². The molecule has 7 aromatic rings. The van der Waals surface area contributed by atoms with Gasteiger partial charge in [-0.2, -0.15) is 13.5 Å². The minimum absolute atomic E-state index is 0. The fourth-order valence-electron chi connectivity index (χ4n) is 5.99. The molecule has 0 spiro atoms. The molecule has 0 heterocycles. The van der Waals surface area contributed by atoms with Crippen molar-refractivity contribution in [2.75, 3.05) is 10.6 Å². The van der Waals surface area contributed by atoms with Crippen LogP contribution in [-0.4, -0.2) is 39.6 Å². The molecule has 1 unspecified atom stereocenters. The van der Waals surface area contributed by atoms with Crippen molar-refractivity contribution >= 4 is 103 Å². The maximum absolute atomic E-state index is 12.4. The largest absolute Gasteiger partial charge is 1.00 e. The number of nitro benzene ring substituents is 1. The van der Waals surface area contributed by atoms with Crippen LogP contribution >= 0.6 is 0 Å². The van der Waals surface area contributed by atoms with E-state index in [2.05, 4.69) is 31.1 Å². The van der Waals surface area contributed by atoms with Crippen LogP contribution < -0.4 is 40.2 Å². The van der Waals surface area contributed by atoms with Gasteiger partial charge in [-0.05, 0) is 91.0 Å². The van der Waals surface area contributed by atoms with E-state index in [9.17, 15) is 44.8 Å². The first kappa shape index (κ1) is 43.6. The standard InChI is InChI=1S/C38H28N8O10S3.Na/c39-57(49,50)26-14-16-34(36(22-26)46(47)48)40-24-9-11-25(12-10-24)42-43-31-17-18-33(30-21-27(58(51,52)53)13-15-28(30)31)45-44-32-19-20-35(41-23-5-2-1-3-6-23)38-29(32)7-4-8-37(38)59(54,55)56;/h1-22,40-41H,(H2,39,49,50)(H,51,52,53)(H,54,55,56);/q;+1/p-1. The van der Waals surface area contributed by atoms with Gasteiger partial charge >= 0.3 is 29.6 Å². The Morgan fingerprint density at radius 3 is 1.78 bits per heavy atom. The van der Waals surface area contributed by atoms with Gasteiger partial charge in [-0.1, -0.05) is 36.4 Å². The zero-order chi connectivity index (χ0) is 42.1. The molecule has 298 valence electrons. The molecular formula is C38H27N8NaO10S3. The summed E-state index contributed by atoms with van der Waals surface area (Å²) in [6.45, 7) is 0. The van der Waals surface area contributed by atoms with Crippen molar-refractivity contribution in [3.63, 3.8) is 0 Å². The number of azo groups is 2. The second kappa shape index (κ2) is 17.3. The number of fused-ring (bicyclic) bond motifs is 2. The quantitative estimate of drug-likeness (QED) is 0.0267. The predicted molar refractivity (Wildman–Crippen MR) is 218 cm³/mol. The summed E-state index contributed by atoms with van der Waals surface area (Å²) in [7, 11) is -13.8. The maximum Gasteiger partial charge on any atom is 1.00 e. The summed E-state index contributed by atoms with van der Waals surface area (Å²) in [5, 5.41) is 35.8. The van der Waals surface area contributed by atoms with E-state index in [1.807, 2.05) is 6.07 Å². The van der Waals surface area contributed by atoms with Crippen molar-refractivity contribution in [1.82, 2.24) is 0 Å². The van der Waals surface area contributed by atoms with E-state index >= 15 is 0 Å². The first-order valence-corrected chi connectivity index (χ1v) is 21.2. The monoisotopic (exact) mass is 874 g/mol. The summed E-state index contributed by atoms with van der Waals surface area (Å²) in [6, 6.07) is 32.4. The molecule has 7 aromatic carbocycles. The Morgan fingerprint density at radius 2 is 1.15 bits per heavy atom. The summed E-state index contributed by atoms with van der Waals surface area (Å²) >= 11 is 0. The molecule has 1 atom stereocenters. The Morgan fingerprint density at radius 1 is 0.583 bits per heavy atom. The van der Waals surface area contributed by atoms with Gasteiger partial charge in [-0.3, -0.25) is 19.2 Å². The predicted octanol–water partition coefficient (Wildman–Crippen LogP) is 7.25. The number of anilines is 4. The van der Waals surface area contributed by atoms with Gasteiger partial charge in [0.25, 0.3) is 15.8 Å². The van der Waals surface area contributed by atoms with E-state index in [1.54, 1.807) is 72.8 Å². The number of hydrogen-bond acceptors (Lipinski definition) is 15. The molecule has 22 heteroatoms. The van der Waals surface area contributed by atoms with Crippen molar-refractivity contribution in [3.8, 4) is 0 Å². The van der Waals surface area contributed by atoms with Gasteiger partial charge < -0.3 is 15.2 Å². The smallest absolute Gasteiger partial charge is 0.744 e. The molecule has 0 radical (unpaired) electrons. The average Bonchev–Trinajstić information content (AvgIpc) is 3.19. The van der Waals surface area contributed by atoms with Crippen LogP contribution in [0.5, 0.6) is 0 Å². The van der Waals surface area contributed by atoms with Gasteiger partial charge in [0.1, 0.15) is 15.8 Å². The summed E-state index contributed by atoms with van der Waals surface area (Å²) in [4.78, 5) is 9.53. The zero-order valence-electron chi connectivity index (χ0n) is 30.8. The minimum Gasteiger partial charge on any atom is -0.744 e. The molecular weight excluding hydrogens is 848 g/mol. The van der Waals surface area contributed by atoms with Crippen LogP contribution in [0.2, 0.25) is 0 Å². The number of nitro groups is 1. The molecule has 0 aliphatic heterocycles. The molecule has 7 rings (SSSR count). The van der Waals surface area contributed by atoms with Crippen LogP contribution in [0.25, 0.3) is 21.5 Å². The van der Waals surface area contributed by atoms with Crippen molar-refractivity contribution < 1.29 is 69.2 Å². The molecule has 0 bridgehead atoms. The van der Waals surface area contributed by atoms with Crippen molar-refractivity contribution in [3.05, 3.63) is 144 Å². The number of benzene rings is 7. The molecule has 60 heavy (non-hydrogen) atoms. The molecule has 0 saturated heterocycles. The molecule has 5 N–H and O–H groups in total. The van der Waals surface area contributed by atoms with Crippen LogP contribution in [0.1, 0.15) is 0 Å². The zero-order valence-corrected chi connectivity index (χ0v) is 35.3. The fraction of sp³-hybridized carbons (Fsp3) is 0. The Bertz CT molecular complexity index is 3230. The summed E-state index contributed by atoms with van der Waals surface area (Å²) in [6.07, 6.45) is 0. The third kappa shape index (κ3) is 9.71. The fourth-order valence-corrected chi connectivity index (χ4v) is 7.74. The van der Waals surface area contributed by atoms with Gasteiger partial charge in [0, 0.05) is 44.7 Å². The summed E-state index contributed by atoms with van der Waals surface area (Å²) < 4.78 is 99.7. The molecule has 0 aliphatic carbocycles. The van der Waals surface area contributed by atoms with E-state index in [0.717, 1.165) is 12.1 Å². The molecule has 0 saturated carbocycles. The first-order valence-electron chi connectivity index (χ1n) is 16.8. The molecule has 0 aliphatic rings. The van der Waals surface area contributed by atoms with Crippen molar-refractivity contribution in [2.24, 2.45) is 20.5 Å². The third-order valence-electron chi connectivity index (χ3n) is 8.71. The van der Waals surface area contributed by atoms with Crippen LogP contribution in [0.4, 0.5) is 51.2 Å². The van der Waals surface area contributed by atoms with E-state index in [4.69, 9.17) is 4.78 Å². The molecule has 0 fully saturated rings. The van der Waals surface area contributed by atoms with Gasteiger partial charge in [-0.15, -0.1) is 15.3 Å². The first-order chi connectivity index (χ1) is 28.0. The molecule has 0 aromatic heterocycles.